The van der Waals surface area contributed by atoms with E-state index in [2.05, 4.69) is 44.5 Å². The maximum absolute atomic E-state index is 11.7. The summed E-state index contributed by atoms with van der Waals surface area (Å²) in [7, 11) is -5.02. The standard InChI is InChI=1S/C10H21NO2SSi/c1-7-8-11-14(12,13)9-15(5,6)10(2,3)4/h1,11H,8-9H2,2-6H3. The smallest absolute Gasteiger partial charge is 0.209 e. The normalized spacial score (nSPS) is 13.6. The van der Waals surface area contributed by atoms with Gasteiger partial charge in [0.25, 0.3) is 0 Å². The van der Waals surface area contributed by atoms with Crippen LogP contribution in [0.2, 0.25) is 18.1 Å². The molecule has 0 unspecified atom stereocenters. The van der Waals surface area contributed by atoms with Crippen LogP contribution < -0.4 is 4.72 Å². The fraction of sp³-hybridized carbons (Fsp3) is 0.800. The highest BCUT2D eigenvalue weighted by molar-refractivity contribution is 7.91. The summed E-state index contributed by atoms with van der Waals surface area (Å²) >= 11 is 0. The summed E-state index contributed by atoms with van der Waals surface area (Å²) < 4.78 is 25.8. The molecule has 5 heteroatoms. The summed E-state index contributed by atoms with van der Waals surface area (Å²) in [4.78, 5) is 0. The first-order chi connectivity index (χ1) is 6.52. The minimum atomic E-state index is -3.22. The predicted octanol–water partition coefficient (Wildman–Crippen LogP) is 1.59. The van der Waals surface area contributed by atoms with Gasteiger partial charge in [-0.1, -0.05) is 39.8 Å². The van der Waals surface area contributed by atoms with E-state index < -0.39 is 18.1 Å². The van der Waals surface area contributed by atoms with E-state index in [0.717, 1.165) is 0 Å². The molecule has 0 aliphatic carbocycles. The third-order valence-corrected chi connectivity index (χ3v) is 12.0. The first-order valence-corrected chi connectivity index (χ1v) is 9.78. The average Bonchev–Trinajstić information content (AvgIpc) is 1.96. The Morgan fingerprint density at radius 3 is 2.13 bits per heavy atom. The van der Waals surface area contributed by atoms with Crippen LogP contribution in [0.1, 0.15) is 20.8 Å². The summed E-state index contributed by atoms with van der Waals surface area (Å²) in [6, 6.07) is 0. The molecule has 0 atom stereocenters. The molecule has 0 bridgehead atoms. The zero-order valence-electron chi connectivity index (χ0n) is 10.2. The minimum Gasteiger partial charge on any atom is -0.213 e. The highest BCUT2D eigenvalue weighted by Gasteiger charge is 2.38. The Labute approximate surface area is 94.7 Å². The molecule has 0 saturated heterocycles. The van der Waals surface area contributed by atoms with E-state index in [9.17, 15) is 8.42 Å². The minimum absolute atomic E-state index is 0.0674. The molecule has 0 fully saturated rings. The van der Waals surface area contributed by atoms with Gasteiger partial charge in [0, 0.05) is 0 Å². The molecule has 1 N–H and O–H groups in total. The van der Waals surface area contributed by atoms with Crippen LogP contribution in [-0.2, 0) is 10.0 Å². The molecule has 0 amide bonds. The lowest BCUT2D eigenvalue weighted by atomic mass is 10.2. The quantitative estimate of drug-likeness (QED) is 0.606. The first-order valence-electron chi connectivity index (χ1n) is 4.93. The van der Waals surface area contributed by atoms with Crippen LogP contribution in [0.4, 0.5) is 0 Å². The second-order valence-corrected chi connectivity index (χ2v) is 13.4. The van der Waals surface area contributed by atoms with E-state index in [0.29, 0.717) is 0 Å². The van der Waals surface area contributed by atoms with E-state index in [-0.39, 0.29) is 17.0 Å². The molecule has 0 aliphatic heterocycles. The van der Waals surface area contributed by atoms with Gasteiger partial charge in [0.15, 0.2) is 0 Å². The Kier molecular flexibility index (Phi) is 4.59. The molecule has 0 aromatic carbocycles. The van der Waals surface area contributed by atoms with Crippen LogP contribution >= 0.6 is 0 Å². The van der Waals surface area contributed by atoms with Gasteiger partial charge in [-0.2, -0.15) is 0 Å². The Balaban J connectivity index is 4.68. The molecule has 0 rings (SSSR count). The summed E-state index contributed by atoms with van der Waals surface area (Å²) in [5.74, 6) is 2.27. The molecule has 88 valence electrons. The van der Waals surface area contributed by atoms with E-state index in [1.54, 1.807) is 0 Å². The van der Waals surface area contributed by atoms with Crippen molar-refractivity contribution in [3.05, 3.63) is 0 Å². The molecule has 3 nitrogen and oxygen atoms in total. The number of hydrogen-bond acceptors (Lipinski definition) is 2. The molecule has 0 spiro atoms. The van der Waals surface area contributed by atoms with Crippen LogP contribution in [0.15, 0.2) is 0 Å². The third-order valence-electron chi connectivity index (χ3n) is 2.98. The molecule has 0 aromatic rings. The fourth-order valence-electron chi connectivity index (χ4n) is 0.894. The largest absolute Gasteiger partial charge is 0.213 e. The zero-order chi connectivity index (χ0) is 12.3. The monoisotopic (exact) mass is 247 g/mol. The van der Waals surface area contributed by atoms with Crippen molar-refractivity contribution in [2.75, 3.05) is 11.9 Å². The average molecular weight is 247 g/mol. The lowest BCUT2D eigenvalue weighted by Gasteiger charge is -2.36. The summed E-state index contributed by atoms with van der Waals surface area (Å²) in [6.45, 7) is 10.5. The second kappa shape index (κ2) is 4.68. The number of hydrogen-bond donors (Lipinski definition) is 1. The molecule has 0 radical (unpaired) electrons. The van der Waals surface area contributed by atoms with Gasteiger partial charge >= 0.3 is 0 Å². The van der Waals surface area contributed by atoms with Gasteiger partial charge < -0.3 is 0 Å². The Morgan fingerprint density at radius 2 is 1.80 bits per heavy atom. The summed E-state index contributed by atoms with van der Waals surface area (Å²) in [6.07, 6.45) is 5.02. The molecular weight excluding hydrogens is 226 g/mol. The maximum atomic E-state index is 11.7. The number of rotatable bonds is 4. The lowest BCUT2D eigenvalue weighted by molar-refractivity contribution is 0.588. The van der Waals surface area contributed by atoms with Crippen LogP contribution in [-0.4, -0.2) is 28.4 Å². The number of terminal acetylenes is 1. The van der Waals surface area contributed by atoms with Gasteiger partial charge in [-0.25, -0.2) is 13.1 Å². The highest BCUT2D eigenvalue weighted by Crippen LogP contribution is 2.36. The van der Waals surface area contributed by atoms with Gasteiger partial charge in [0.1, 0.15) is 0 Å². The zero-order valence-corrected chi connectivity index (χ0v) is 12.0. The topological polar surface area (TPSA) is 46.2 Å². The summed E-state index contributed by atoms with van der Waals surface area (Å²) in [5, 5.41) is 0.295. The SMILES string of the molecule is C#CCNS(=O)(=O)C[Si](C)(C)C(C)(C)C. The second-order valence-electron chi connectivity index (χ2n) is 5.42. The fourth-order valence-corrected chi connectivity index (χ4v) is 7.14. The van der Waals surface area contributed by atoms with E-state index in [1.807, 2.05) is 0 Å². The van der Waals surface area contributed by atoms with Crippen LogP contribution in [0.3, 0.4) is 0 Å². The van der Waals surface area contributed by atoms with E-state index in [4.69, 9.17) is 6.42 Å². The Hall–Kier alpha value is -0.313. The predicted molar refractivity (Wildman–Crippen MR) is 67.8 cm³/mol. The van der Waals surface area contributed by atoms with Crippen molar-refractivity contribution in [3.8, 4) is 12.3 Å². The molecule has 15 heavy (non-hydrogen) atoms. The van der Waals surface area contributed by atoms with Gasteiger partial charge in [0.2, 0.25) is 10.0 Å². The van der Waals surface area contributed by atoms with E-state index >= 15 is 0 Å². The highest BCUT2D eigenvalue weighted by atomic mass is 32.2. The third kappa shape index (κ3) is 4.82. The van der Waals surface area contributed by atoms with Crippen molar-refractivity contribution < 1.29 is 8.42 Å². The molecule has 0 heterocycles. The summed E-state index contributed by atoms with van der Waals surface area (Å²) in [5.41, 5.74) is 0. The molecule has 0 aromatic heterocycles. The first kappa shape index (κ1) is 14.7. The van der Waals surface area contributed by atoms with Crippen molar-refractivity contribution in [2.24, 2.45) is 0 Å². The van der Waals surface area contributed by atoms with Crippen LogP contribution in [0.5, 0.6) is 0 Å². The van der Waals surface area contributed by atoms with Crippen molar-refractivity contribution >= 4 is 18.1 Å². The van der Waals surface area contributed by atoms with Crippen molar-refractivity contribution in [1.82, 2.24) is 4.72 Å². The molecule has 0 aliphatic rings. The maximum Gasteiger partial charge on any atom is 0.209 e. The van der Waals surface area contributed by atoms with Gasteiger partial charge in [-0.3, -0.25) is 0 Å². The van der Waals surface area contributed by atoms with Gasteiger partial charge in [-0.15, -0.1) is 6.42 Å². The molecule has 0 saturated carbocycles. The number of sulfonamides is 1. The lowest BCUT2D eigenvalue weighted by Crippen LogP contribution is -2.47. The van der Waals surface area contributed by atoms with Crippen molar-refractivity contribution in [2.45, 2.75) is 38.9 Å². The van der Waals surface area contributed by atoms with Crippen LogP contribution in [0.25, 0.3) is 0 Å². The number of nitrogens with one attached hydrogen (secondary N) is 1. The van der Waals surface area contributed by atoms with Crippen molar-refractivity contribution in [3.63, 3.8) is 0 Å². The Morgan fingerprint density at radius 1 is 1.33 bits per heavy atom. The molecular formula is C10H21NO2SSi. The van der Waals surface area contributed by atoms with E-state index in [1.165, 1.54) is 0 Å². The van der Waals surface area contributed by atoms with Crippen LogP contribution in [0, 0.1) is 12.3 Å². The van der Waals surface area contributed by atoms with Crippen molar-refractivity contribution in [1.29, 1.82) is 0 Å². The Bertz CT molecular complexity index is 347. The van der Waals surface area contributed by atoms with Gasteiger partial charge in [-0.05, 0) is 5.04 Å². The van der Waals surface area contributed by atoms with Gasteiger partial charge in [0.05, 0.1) is 20.0 Å².